The van der Waals surface area contributed by atoms with E-state index in [0.717, 1.165) is 22.3 Å². The van der Waals surface area contributed by atoms with Gasteiger partial charge in [0.25, 0.3) is 0 Å². The highest BCUT2D eigenvalue weighted by Gasteiger charge is 2.18. The maximum Gasteiger partial charge on any atom is 0.164 e. The Morgan fingerprint density at radius 3 is 1.47 bits per heavy atom. The Morgan fingerprint density at radius 2 is 0.809 bits per heavy atom. The Labute approximate surface area is 276 Å². The van der Waals surface area contributed by atoms with Crippen LogP contribution in [0.3, 0.4) is 0 Å². The van der Waals surface area contributed by atoms with Gasteiger partial charge in [0, 0.05) is 36.9 Å². The van der Waals surface area contributed by atoms with Crippen molar-refractivity contribution in [1.82, 2.24) is 15.0 Å². The summed E-state index contributed by atoms with van der Waals surface area (Å²) in [6.07, 6.45) is 0. The lowest BCUT2D eigenvalue weighted by Gasteiger charge is -2.11. The lowest BCUT2D eigenvalue weighted by Crippen LogP contribution is -2.00. The molecule has 0 saturated carbocycles. The Bertz CT molecular complexity index is 2540. The lowest BCUT2D eigenvalue weighted by molar-refractivity contribution is 1.08. The van der Waals surface area contributed by atoms with Crippen molar-refractivity contribution in [3.63, 3.8) is 0 Å². The second kappa shape index (κ2) is 11.4. The molecule has 0 aliphatic rings. The molecule has 0 unspecified atom stereocenters. The number of nitrogens with zero attached hydrogens (tertiary/aromatic N) is 3. The zero-order valence-corrected chi connectivity index (χ0v) is 26.2. The normalized spacial score (nSPS) is 11.4. The van der Waals surface area contributed by atoms with Crippen LogP contribution >= 0.6 is 11.3 Å². The highest BCUT2D eigenvalue weighted by atomic mass is 32.1. The molecular weight excluding hydrogens is 591 g/mol. The zero-order valence-electron chi connectivity index (χ0n) is 25.3. The van der Waals surface area contributed by atoms with Crippen LogP contribution in [0.25, 0.3) is 87.4 Å². The number of fused-ring (bicyclic) bond motifs is 5. The number of aromatic nitrogens is 3. The maximum atomic E-state index is 5.15. The van der Waals surface area contributed by atoms with Gasteiger partial charge in [-0.25, -0.2) is 15.0 Å². The van der Waals surface area contributed by atoms with Gasteiger partial charge in [-0.1, -0.05) is 152 Å². The molecule has 9 aromatic rings. The number of hydrogen-bond donors (Lipinski definition) is 0. The maximum absolute atomic E-state index is 5.15. The number of benzene rings is 7. The molecule has 2 aromatic heterocycles. The molecule has 0 bridgehead atoms. The monoisotopic (exact) mass is 617 g/mol. The Morgan fingerprint density at radius 1 is 0.319 bits per heavy atom. The van der Waals surface area contributed by atoms with E-state index < -0.39 is 0 Å². The van der Waals surface area contributed by atoms with E-state index in [0.29, 0.717) is 17.5 Å². The molecule has 0 radical (unpaired) electrons. The molecule has 0 aliphatic carbocycles. The molecule has 0 atom stereocenters. The summed E-state index contributed by atoms with van der Waals surface area (Å²) in [6.45, 7) is 0. The van der Waals surface area contributed by atoms with E-state index in [1.54, 1.807) is 0 Å². The van der Waals surface area contributed by atoms with Crippen LogP contribution in [0.4, 0.5) is 0 Å². The molecule has 0 aliphatic heterocycles. The fraction of sp³-hybridized carbons (Fsp3) is 0. The van der Waals surface area contributed by atoms with Crippen LogP contribution in [0.1, 0.15) is 0 Å². The van der Waals surface area contributed by atoms with Crippen LogP contribution < -0.4 is 0 Å². The molecule has 220 valence electrons. The third kappa shape index (κ3) is 4.96. The highest BCUT2D eigenvalue weighted by Crippen LogP contribution is 2.43. The van der Waals surface area contributed by atoms with E-state index in [9.17, 15) is 0 Å². The predicted octanol–water partition coefficient (Wildman–Crippen LogP) is 11.7. The summed E-state index contributed by atoms with van der Waals surface area (Å²) in [5.41, 5.74) is 7.66. The van der Waals surface area contributed by atoms with Gasteiger partial charge in [-0.2, -0.15) is 0 Å². The largest absolute Gasteiger partial charge is 0.208 e. The van der Waals surface area contributed by atoms with Crippen molar-refractivity contribution in [2.45, 2.75) is 0 Å². The van der Waals surface area contributed by atoms with Gasteiger partial charge in [0.2, 0.25) is 0 Å². The van der Waals surface area contributed by atoms with Crippen LogP contribution in [0.15, 0.2) is 164 Å². The molecule has 2 heterocycles. The Kier molecular flexibility index (Phi) is 6.65. The third-order valence-corrected chi connectivity index (χ3v) is 9.88. The van der Waals surface area contributed by atoms with Crippen molar-refractivity contribution >= 4 is 42.3 Å². The minimum absolute atomic E-state index is 0.654. The van der Waals surface area contributed by atoms with Gasteiger partial charge in [-0.15, -0.1) is 11.3 Å². The fourth-order valence-corrected chi connectivity index (χ4v) is 7.56. The molecule has 7 aromatic carbocycles. The lowest BCUT2D eigenvalue weighted by atomic mass is 9.99. The first-order valence-electron chi connectivity index (χ1n) is 15.7. The van der Waals surface area contributed by atoms with Gasteiger partial charge in [0.1, 0.15) is 0 Å². The van der Waals surface area contributed by atoms with E-state index in [1.807, 2.05) is 35.6 Å². The molecule has 3 nitrogen and oxygen atoms in total. The summed E-state index contributed by atoms with van der Waals surface area (Å²) in [7, 11) is 0. The van der Waals surface area contributed by atoms with E-state index >= 15 is 0 Å². The van der Waals surface area contributed by atoms with Crippen molar-refractivity contribution in [3.8, 4) is 56.4 Å². The first-order chi connectivity index (χ1) is 23.3. The summed E-state index contributed by atoms with van der Waals surface area (Å²) in [5.74, 6) is 1.99. The fourth-order valence-electron chi connectivity index (χ4n) is 6.41. The smallest absolute Gasteiger partial charge is 0.164 e. The van der Waals surface area contributed by atoms with Gasteiger partial charge in [-0.05, 0) is 45.2 Å². The van der Waals surface area contributed by atoms with Gasteiger partial charge in [0.15, 0.2) is 17.5 Å². The summed E-state index contributed by atoms with van der Waals surface area (Å²) in [4.78, 5) is 15.3. The molecule has 0 saturated heterocycles. The Balaban J connectivity index is 1.17. The van der Waals surface area contributed by atoms with Crippen molar-refractivity contribution in [2.24, 2.45) is 0 Å². The van der Waals surface area contributed by atoms with Crippen LogP contribution in [-0.4, -0.2) is 15.0 Å². The van der Waals surface area contributed by atoms with Gasteiger partial charge in [0.05, 0.1) is 0 Å². The van der Waals surface area contributed by atoms with Gasteiger partial charge in [-0.3, -0.25) is 0 Å². The van der Waals surface area contributed by atoms with E-state index in [1.165, 1.54) is 47.6 Å². The molecule has 4 heteroatoms. The highest BCUT2D eigenvalue weighted by molar-refractivity contribution is 7.26. The minimum atomic E-state index is 0.654. The molecule has 9 rings (SSSR count). The summed E-state index contributed by atoms with van der Waals surface area (Å²) < 4.78 is 2.48. The molecular formula is C43H27N3S. The first-order valence-corrected chi connectivity index (χ1v) is 16.5. The van der Waals surface area contributed by atoms with E-state index in [2.05, 4.69) is 140 Å². The molecule has 0 N–H and O–H groups in total. The third-order valence-electron chi connectivity index (χ3n) is 8.76. The SMILES string of the molecule is c1ccc(-c2ccc(-c3ccc(-c4nc(-c5ccccc5)nc(-c5cccc6sc7ccc8ccccc8c7c56)n4)cc3)cc2)cc1. The first kappa shape index (κ1) is 27.3. The van der Waals surface area contributed by atoms with Crippen LogP contribution in [-0.2, 0) is 0 Å². The van der Waals surface area contributed by atoms with Crippen molar-refractivity contribution in [2.75, 3.05) is 0 Å². The minimum Gasteiger partial charge on any atom is -0.208 e. The summed E-state index contributed by atoms with van der Waals surface area (Å²) >= 11 is 1.81. The molecule has 0 spiro atoms. The van der Waals surface area contributed by atoms with Gasteiger partial charge >= 0.3 is 0 Å². The average Bonchev–Trinajstić information content (AvgIpc) is 3.55. The molecule has 47 heavy (non-hydrogen) atoms. The molecule has 0 amide bonds. The molecule has 0 fully saturated rings. The van der Waals surface area contributed by atoms with Crippen molar-refractivity contribution < 1.29 is 0 Å². The standard InChI is InChI=1S/C43H27N3S/c1-3-10-28(11-4-1)29-18-20-30(21-19-29)31-22-24-34(25-23-31)42-44-41(33-13-5-2-6-14-33)45-43(46-42)36-16-9-17-37-40(36)39-35-15-8-7-12-32(35)26-27-38(39)47-37/h1-27H. The van der Waals surface area contributed by atoms with Crippen LogP contribution in [0, 0.1) is 0 Å². The van der Waals surface area contributed by atoms with Crippen molar-refractivity contribution in [3.05, 3.63) is 164 Å². The predicted molar refractivity (Wildman–Crippen MR) is 197 cm³/mol. The van der Waals surface area contributed by atoms with Crippen LogP contribution in [0.5, 0.6) is 0 Å². The summed E-state index contributed by atoms with van der Waals surface area (Å²) in [5, 5.41) is 4.92. The van der Waals surface area contributed by atoms with Crippen molar-refractivity contribution in [1.29, 1.82) is 0 Å². The van der Waals surface area contributed by atoms with Crippen LogP contribution in [0.2, 0.25) is 0 Å². The number of thiophene rings is 1. The summed E-state index contributed by atoms with van der Waals surface area (Å²) in [6, 6.07) is 57.4. The van der Waals surface area contributed by atoms with Gasteiger partial charge < -0.3 is 0 Å². The number of hydrogen-bond acceptors (Lipinski definition) is 4. The second-order valence-electron chi connectivity index (χ2n) is 11.6. The Hall–Kier alpha value is -5.97. The zero-order chi connectivity index (χ0) is 31.2. The second-order valence-corrected chi connectivity index (χ2v) is 12.7. The average molecular weight is 618 g/mol. The van der Waals surface area contributed by atoms with E-state index in [-0.39, 0.29) is 0 Å². The quantitative estimate of drug-likeness (QED) is 0.193. The number of rotatable bonds is 5. The topological polar surface area (TPSA) is 38.7 Å². The van der Waals surface area contributed by atoms with E-state index in [4.69, 9.17) is 15.0 Å².